The van der Waals surface area contributed by atoms with E-state index in [-0.39, 0.29) is 17.8 Å². The summed E-state index contributed by atoms with van der Waals surface area (Å²) in [5.74, 6) is -0.418. The lowest BCUT2D eigenvalue weighted by molar-refractivity contribution is 0.0743. The van der Waals surface area contributed by atoms with E-state index >= 15 is 0 Å². The summed E-state index contributed by atoms with van der Waals surface area (Å²) in [5.41, 5.74) is 6.52. The van der Waals surface area contributed by atoms with Gasteiger partial charge in [0, 0.05) is 31.4 Å². The Hall–Kier alpha value is -1.79. The van der Waals surface area contributed by atoms with Gasteiger partial charge in [-0.1, -0.05) is 18.2 Å². The molecule has 2 N–H and O–H groups in total. The van der Waals surface area contributed by atoms with Crippen LogP contribution in [0.4, 0.5) is 4.39 Å². The number of hydrogen-bond donors (Lipinski definition) is 1. The summed E-state index contributed by atoms with van der Waals surface area (Å²) in [6.07, 6.45) is 0.390. The van der Waals surface area contributed by atoms with Crippen molar-refractivity contribution < 1.29 is 9.18 Å². The van der Waals surface area contributed by atoms with Gasteiger partial charge >= 0.3 is 0 Å². The average Bonchev–Trinajstić information content (AvgIpc) is 2.95. The van der Waals surface area contributed by atoms with E-state index in [9.17, 15) is 9.18 Å². The molecule has 0 saturated heterocycles. The van der Waals surface area contributed by atoms with Gasteiger partial charge in [-0.3, -0.25) is 4.79 Å². The zero-order valence-corrected chi connectivity index (χ0v) is 12.9. The van der Waals surface area contributed by atoms with Gasteiger partial charge in [0.25, 0.3) is 5.91 Å². The van der Waals surface area contributed by atoms with E-state index in [1.165, 1.54) is 17.4 Å². The number of halogens is 1. The van der Waals surface area contributed by atoms with Crippen LogP contribution in [0.3, 0.4) is 0 Å². The van der Waals surface area contributed by atoms with Crippen LogP contribution in [0.1, 0.15) is 28.0 Å². The number of thiazole rings is 1. The highest BCUT2D eigenvalue weighted by Crippen LogP contribution is 2.18. The molecule has 0 spiro atoms. The van der Waals surface area contributed by atoms with Crippen LogP contribution < -0.4 is 5.73 Å². The normalized spacial score (nSPS) is 12.2. The van der Waals surface area contributed by atoms with Crippen molar-refractivity contribution in [1.29, 1.82) is 0 Å². The Morgan fingerprint density at radius 3 is 2.86 bits per heavy atom. The summed E-state index contributed by atoms with van der Waals surface area (Å²) in [6, 6.07) is 6.54. The van der Waals surface area contributed by atoms with Crippen LogP contribution in [0.2, 0.25) is 0 Å². The fourth-order valence-electron chi connectivity index (χ4n) is 1.83. The van der Waals surface area contributed by atoms with Crippen LogP contribution in [0.5, 0.6) is 0 Å². The van der Waals surface area contributed by atoms with E-state index in [1.807, 2.05) is 6.92 Å². The number of carbonyl (C=O) groups excluding carboxylic acids is 1. The standard InChI is InChI=1S/C15H18FN3OS/c1-10(8-17)19(2)15(20)13-9-21-14(18-13)7-11-5-3-4-6-12(11)16/h3-6,9-10H,7-8,17H2,1-2H3. The van der Waals surface area contributed by atoms with Crippen LogP contribution >= 0.6 is 11.3 Å². The maximum absolute atomic E-state index is 13.6. The van der Waals surface area contributed by atoms with Crippen molar-refractivity contribution in [3.05, 3.63) is 51.7 Å². The monoisotopic (exact) mass is 307 g/mol. The molecular formula is C15H18FN3OS. The topological polar surface area (TPSA) is 59.2 Å². The van der Waals surface area contributed by atoms with Gasteiger partial charge in [-0.15, -0.1) is 11.3 Å². The van der Waals surface area contributed by atoms with E-state index in [0.717, 1.165) is 5.01 Å². The van der Waals surface area contributed by atoms with Gasteiger partial charge in [0.05, 0.1) is 5.01 Å². The first-order valence-electron chi connectivity index (χ1n) is 6.68. The molecule has 0 radical (unpaired) electrons. The third-order valence-corrected chi connectivity index (χ3v) is 4.24. The Balaban J connectivity index is 2.11. The number of carbonyl (C=O) groups is 1. The van der Waals surface area contributed by atoms with Crippen molar-refractivity contribution >= 4 is 17.2 Å². The lowest BCUT2D eigenvalue weighted by atomic mass is 10.1. The highest BCUT2D eigenvalue weighted by Gasteiger charge is 2.19. The van der Waals surface area contributed by atoms with E-state index in [0.29, 0.717) is 24.2 Å². The summed E-state index contributed by atoms with van der Waals surface area (Å²) in [6.45, 7) is 2.28. The third-order valence-electron chi connectivity index (χ3n) is 3.39. The molecule has 0 aliphatic rings. The lowest BCUT2D eigenvalue weighted by Gasteiger charge is -2.22. The minimum atomic E-state index is -0.255. The molecule has 1 aromatic carbocycles. The number of rotatable bonds is 5. The van der Waals surface area contributed by atoms with Crippen LogP contribution in [0.15, 0.2) is 29.6 Å². The number of benzene rings is 1. The number of nitrogens with zero attached hydrogens (tertiary/aromatic N) is 2. The van der Waals surface area contributed by atoms with Gasteiger partial charge in [-0.05, 0) is 18.6 Å². The minimum Gasteiger partial charge on any atom is -0.336 e. The van der Waals surface area contributed by atoms with Crippen LogP contribution in [-0.2, 0) is 6.42 Å². The number of likely N-dealkylation sites (N-methyl/N-ethyl adjacent to an activating group) is 1. The molecule has 1 atom stereocenters. The maximum Gasteiger partial charge on any atom is 0.273 e. The first kappa shape index (κ1) is 15.6. The lowest BCUT2D eigenvalue weighted by Crippen LogP contribution is -2.39. The molecule has 1 heterocycles. The third kappa shape index (κ3) is 3.65. The molecule has 1 unspecified atom stereocenters. The molecule has 6 heteroatoms. The molecule has 2 aromatic rings. The molecule has 1 aromatic heterocycles. The molecule has 0 aliphatic carbocycles. The molecule has 2 rings (SSSR count). The summed E-state index contributed by atoms with van der Waals surface area (Å²) in [4.78, 5) is 18.1. The molecule has 4 nitrogen and oxygen atoms in total. The van der Waals surface area contributed by atoms with Crippen LogP contribution in [0.25, 0.3) is 0 Å². The Bertz CT molecular complexity index is 629. The van der Waals surface area contributed by atoms with Gasteiger partial charge < -0.3 is 10.6 Å². The fraction of sp³-hybridized carbons (Fsp3) is 0.333. The maximum atomic E-state index is 13.6. The highest BCUT2D eigenvalue weighted by molar-refractivity contribution is 7.09. The Morgan fingerprint density at radius 1 is 1.48 bits per heavy atom. The predicted octanol–water partition coefficient (Wildman–Crippen LogP) is 2.29. The van der Waals surface area contributed by atoms with Gasteiger partial charge in [0.2, 0.25) is 0 Å². The largest absolute Gasteiger partial charge is 0.336 e. The number of aromatic nitrogens is 1. The number of amides is 1. The van der Waals surface area contributed by atoms with Crippen molar-refractivity contribution in [3.63, 3.8) is 0 Å². The number of hydrogen-bond acceptors (Lipinski definition) is 4. The van der Waals surface area contributed by atoms with Gasteiger partial charge in [0.1, 0.15) is 11.5 Å². The van der Waals surface area contributed by atoms with Crippen LogP contribution in [-0.4, -0.2) is 35.4 Å². The zero-order valence-electron chi connectivity index (χ0n) is 12.0. The van der Waals surface area contributed by atoms with Crippen molar-refractivity contribution in [1.82, 2.24) is 9.88 Å². The quantitative estimate of drug-likeness (QED) is 0.922. The van der Waals surface area contributed by atoms with Gasteiger partial charge in [-0.25, -0.2) is 9.37 Å². The van der Waals surface area contributed by atoms with Crippen molar-refractivity contribution in [3.8, 4) is 0 Å². The molecule has 1 amide bonds. The van der Waals surface area contributed by atoms with Crippen LogP contribution in [0, 0.1) is 5.82 Å². The zero-order chi connectivity index (χ0) is 15.4. The van der Waals surface area contributed by atoms with E-state index < -0.39 is 0 Å². The van der Waals surface area contributed by atoms with E-state index in [2.05, 4.69) is 4.98 Å². The summed E-state index contributed by atoms with van der Waals surface area (Å²) in [5, 5.41) is 2.43. The number of nitrogens with two attached hydrogens (primary N) is 1. The first-order chi connectivity index (χ1) is 10.0. The van der Waals surface area contributed by atoms with E-state index in [1.54, 1.807) is 35.5 Å². The average molecular weight is 307 g/mol. The Labute approximate surface area is 127 Å². The van der Waals surface area contributed by atoms with E-state index in [4.69, 9.17) is 5.73 Å². The molecule has 0 aliphatic heterocycles. The smallest absolute Gasteiger partial charge is 0.273 e. The SMILES string of the molecule is CC(CN)N(C)C(=O)c1csc(Cc2ccccc2F)n1. The van der Waals surface area contributed by atoms with Crippen molar-refractivity contribution in [2.75, 3.05) is 13.6 Å². The second-order valence-electron chi connectivity index (χ2n) is 4.90. The molecule has 21 heavy (non-hydrogen) atoms. The highest BCUT2D eigenvalue weighted by atomic mass is 32.1. The summed E-state index contributed by atoms with van der Waals surface area (Å²) < 4.78 is 13.6. The van der Waals surface area contributed by atoms with Gasteiger partial charge in [-0.2, -0.15) is 0 Å². The molecule has 0 saturated carbocycles. The molecular weight excluding hydrogens is 289 g/mol. The minimum absolute atomic E-state index is 0.0470. The Kier molecular flexibility index (Phi) is 5.03. The Morgan fingerprint density at radius 2 is 2.19 bits per heavy atom. The summed E-state index contributed by atoms with van der Waals surface area (Å²) >= 11 is 1.36. The first-order valence-corrected chi connectivity index (χ1v) is 7.56. The second kappa shape index (κ2) is 6.78. The van der Waals surface area contributed by atoms with Crippen molar-refractivity contribution in [2.24, 2.45) is 5.73 Å². The fourth-order valence-corrected chi connectivity index (χ4v) is 2.63. The predicted molar refractivity (Wildman–Crippen MR) is 81.9 cm³/mol. The summed E-state index contributed by atoms with van der Waals surface area (Å²) in [7, 11) is 1.70. The second-order valence-corrected chi connectivity index (χ2v) is 5.84. The molecule has 0 fully saturated rings. The molecule has 112 valence electrons. The molecule has 0 bridgehead atoms. The van der Waals surface area contributed by atoms with Crippen molar-refractivity contribution in [2.45, 2.75) is 19.4 Å². The van der Waals surface area contributed by atoms with Gasteiger partial charge in [0.15, 0.2) is 0 Å².